The summed E-state index contributed by atoms with van der Waals surface area (Å²) >= 11 is 0. The molecule has 3 unspecified atom stereocenters. The second-order valence-electron chi connectivity index (χ2n) is 4.94. The minimum Gasteiger partial charge on any atom is -0.481 e. The first kappa shape index (κ1) is 14.0. The topological polar surface area (TPSA) is 91.7 Å². The van der Waals surface area contributed by atoms with Gasteiger partial charge in [-0.3, -0.25) is 4.79 Å². The molecule has 1 fully saturated rings. The first-order valence-electron chi connectivity index (χ1n) is 6.04. The van der Waals surface area contributed by atoms with Crippen molar-refractivity contribution >= 4 is 15.8 Å². The third kappa shape index (κ3) is 3.33. The number of aliphatic carboxylic acids is 1. The predicted octanol–water partition coefficient (Wildman–Crippen LogP) is 0.335. The third-order valence-corrected chi connectivity index (χ3v) is 5.24. The van der Waals surface area contributed by atoms with E-state index in [1.165, 1.54) is 0 Å². The number of carboxylic acids is 1. The van der Waals surface area contributed by atoms with Gasteiger partial charge in [-0.1, -0.05) is 30.3 Å². The van der Waals surface area contributed by atoms with E-state index in [9.17, 15) is 23.4 Å². The average molecular weight is 284 g/mol. The molecule has 0 aliphatic carbocycles. The summed E-state index contributed by atoms with van der Waals surface area (Å²) < 4.78 is 23.0. The van der Waals surface area contributed by atoms with E-state index in [0.29, 0.717) is 0 Å². The molecule has 0 bridgehead atoms. The van der Waals surface area contributed by atoms with Gasteiger partial charge in [0.05, 0.1) is 23.5 Å². The van der Waals surface area contributed by atoms with Crippen LogP contribution in [0.15, 0.2) is 30.3 Å². The summed E-state index contributed by atoms with van der Waals surface area (Å²) in [7, 11) is -3.33. The highest BCUT2D eigenvalue weighted by molar-refractivity contribution is 7.91. The van der Waals surface area contributed by atoms with Crippen LogP contribution in [0.2, 0.25) is 0 Å². The number of aliphatic hydroxyl groups excluding tert-OH is 1. The lowest BCUT2D eigenvalue weighted by Gasteiger charge is -2.21. The van der Waals surface area contributed by atoms with Crippen LogP contribution in [0.25, 0.3) is 0 Å². The lowest BCUT2D eigenvalue weighted by molar-refractivity contribution is -0.144. The molecule has 1 aliphatic rings. The van der Waals surface area contributed by atoms with E-state index in [-0.39, 0.29) is 17.9 Å². The van der Waals surface area contributed by atoms with Crippen LogP contribution in [-0.4, -0.2) is 42.2 Å². The van der Waals surface area contributed by atoms with Gasteiger partial charge in [-0.2, -0.15) is 0 Å². The molecule has 1 heterocycles. The molecule has 5 nitrogen and oxygen atoms in total. The molecular formula is C13H16O5S. The largest absolute Gasteiger partial charge is 0.481 e. The maximum atomic E-state index is 11.5. The zero-order chi connectivity index (χ0) is 14.0. The highest BCUT2D eigenvalue weighted by Crippen LogP contribution is 2.29. The van der Waals surface area contributed by atoms with Crippen LogP contribution in [0, 0.1) is 11.8 Å². The molecule has 0 spiro atoms. The number of hydrogen-bond donors (Lipinski definition) is 2. The fourth-order valence-electron chi connectivity index (χ4n) is 2.53. The smallest absolute Gasteiger partial charge is 0.307 e. The van der Waals surface area contributed by atoms with Crippen molar-refractivity contribution in [2.45, 2.75) is 12.5 Å². The molecule has 3 atom stereocenters. The summed E-state index contributed by atoms with van der Waals surface area (Å²) in [6.07, 6.45) is -0.859. The molecule has 1 aromatic carbocycles. The van der Waals surface area contributed by atoms with E-state index in [4.69, 9.17) is 0 Å². The normalized spacial score (nSPS) is 27.0. The van der Waals surface area contributed by atoms with Gasteiger partial charge in [-0.25, -0.2) is 8.42 Å². The zero-order valence-electron chi connectivity index (χ0n) is 10.3. The minimum atomic E-state index is -3.33. The summed E-state index contributed by atoms with van der Waals surface area (Å²) in [5.41, 5.74) is 0.825. The number of carboxylic acid groups (broad SMARTS) is 1. The Bertz CT molecular complexity index is 552. The second kappa shape index (κ2) is 5.30. The maximum absolute atomic E-state index is 11.5. The first-order chi connectivity index (χ1) is 8.89. The minimum absolute atomic E-state index is 0.230. The Hall–Kier alpha value is -1.40. The SMILES string of the molecule is O=C(O)C(Cc1ccccc1)C1CS(=O)(=O)CC1O. The van der Waals surface area contributed by atoms with E-state index < -0.39 is 33.7 Å². The Morgan fingerprint density at radius 2 is 1.89 bits per heavy atom. The van der Waals surface area contributed by atoms with Gasteiger partial charge >= 0.3 is 5.97 Å². The fourth-order valence-corrected chi connectivity index (χ4v) is 4.47. The molecule has 19 heavy (non-hydrogen) atoms. The van der Waals surface area contributed by atoms with Crippen LogP contribution >= 0.6 is 0 Å². The number of rotatable bonds is 4. The Balaban J connectivity index is 2.20. The van der Waals surface area contributed by atoms with Gasteiger partial charge in [0.25, 0.3) is 0 Å². The van der Waals surface area contributed by atoms with E-state index in [0.717, 1.165) is 5.56 Å². The molecule has 0 amide bonds. The lowest BCUT2D eigenvalue weighted by atomic mass is 9.85. The van der Waals surface area contributed by atoms with E-state index >= 15 is 0 Å². The second-order valence-corrected chi connectivity index (χ2v) is 7.10. The quantitative estimate of drug-likeness (QED) is 0.831. The fraction of sp³-hybridized carbons (Fsp3) is 0.462. The summed E-state index contributed by atoms with van der Waals surface area (Å²) in [6, 6.07) is 9.03. The van der Waals surface area contributed by atoms with Crippen LogP contribution in [0.3, 0.4) is 0 Å². The molecule has 1 aliphatic heterocycles. The van der Waals surface area contributed by atoms with Gasteiger partial charge in [0.15, 0.2) is 9.84 Å². The maximum Gasteiger partial charge on any atom is 0.307 e. The van der Waals surface area contributed by atoms with E-state index in [1.54, 1.807) is 24.3 Å². The molecule has 1 saturated heterocycles. The van der Waals surface area contributed by atoms with Crippen molar-refractivity contribution in [3.63, 3.8) is 0 Å². The highest BCUT2D eigenvalue weighted by Gasteiger charge is 2.43. The van der Waals surface area contributed by atoms with Crippen molar-refractivity contribution in [1.29, 1.82) is 0 Å². The van der Waals surface area contributed by atoms with Crippen LogP contribution in [-0.2, 0) is 21.1 Å². The zero-order valence-corrected chi connectivity index (χ0v) is 11.1. The molecule has 0 saturated carbocycles. The lowest BCUT2D eigenvalue weighted by Crippen LogP contribution is -2.33. The molecule has 2 N–H and O–H groups in total. The number of hydrogen-bond acceptors (Lipinski definition) is 4. The molecular weight excluding hydrogens is 268 g/mol. The van der Waals surface area contributed by atoms with Crippen LogP contribution < -0.4 is 0 Å². The third-order valence-electron chi connectivity index (χ3n) is 3.50. The Kier molecular flexibility index (Phi) is 3.91. The van der Waals surface area contributed by atoms with E-state index in [1.807, 2.05) is 6.07 Å². The van der Waals surface area contributed by atoms with Gasteiger partial charge < -0.3 is 10.2 Å². The van der Waals surface area contributed by atoms with Crippen LogP contribution in [0.1, 0.15) is 5.56 Å². The van der Waals surface area contributed by atoms with Crippen LogP contribution in [0.5, 0.6) is 0 Å². The van der Waals surface area contributed by atoms with Crippen molar-refractivity contribution in [3.8, 4) is 0 Å². The Morgan fingerprint density at radius 3 is 2.37 bits per heavy atom. The number of benzene rings is 1. The van der Waals surface area contributed by atoms with E-state index in [2.05, 4.69) is 0 Å². The van der Waals surface area contributed by atoms with Crippen molar-refractivity contribution in [2.24, 2.45) is 11.8 Å². The molecule has 6 heteroatoms. The molecule has 0 radical (unpaired) electrons. The molecule has 2 rings (SSSR count). The van der Waals surface area contributed by atoms with Crippen molar-refractivity contribution in [1.82, 2.24) is 0 Å². The monoisotopic (exact) mass is 284 g/mol. The number of sulfone groups is 1. The number of aliphatic hydroxyl groups is 1. The molecule has 0 aromatic heterocycles. The standard InChI is InChI=1S/C13H16O5S/c14-12-8-19(17,18)7-11(12)10(13(15)16)6-9-4-2-1-3-5-9/h1-5,10-12,14H,6-8H2,(H,15,16). The van der Waals surface area contributed by atoms with Gasteiger partial charge in [0, 0.05) is 5.92 Å². The number of carbonyl (C=O) groups is 1. The first-order valence-corrected chi connectivity index (χ1v) is 7.86. The summed E-state index contributed by atoms with van der Waals surface area (Å²) in [5, 5.41) is 19.1. The Morgan fingerprint density at radius 1 is 1.26 bits per heavy atom. The predicted molar refractivity (Wildman–Crippen MR) is 69.4 cm³/mol. The van der Waals surface area contributed by atoms with Gasteiger partial charge in [-0.15, -0.1) is 0 Å². The van der Waals surface area contributed by atoms with Crippen LogP contribution in [0.4, 0.5) is 0 Å². The summed E-state index contributed by atoms with van der Waals surface area (Å²) in [4.78, 5) is 11.3. The van der Waals surface area contributed by atoms with Crippen molar-refractivity contribution in [2.75, 3.05) is 11.5 Å². The summed E-state index contributed by atoms with van der Waals surface area (Å²) in [6.45, 7) is 0. The Labute approximate surface area is 111 Å². The van der Waals surface area contributed by atoms with Gasteiger partial charge in [0.1, 0.15) is 0 Å². The van der Waals surface area contributed by atoms with Crippen molar-refractivity contribution in [3.05, 3.63) is 35.9 Å². The average Bonchev–Trinajstić information content (AvgIpc) is 2.60. The molecule has 104 valence electrons. The van der Waals surface area contributed by atoms with Gasteiger partial charge in [-0.05, 0) is 12.0 Å². The van der Waals surface area contributed by atoms with Crippen molar-refractivity contribution < 1.29 is 23.4 Å². The van der Waals surface area contributed by atoms with Gasteiger partial charge in [0.2, 0.25) is 0 Å². The summed E-state index contributed by atoms with van der Waals surface area (Å²) in [5.74, 6) is -3.27. The highest BCUT2D eigenvalue weighted by atomic mass is 32.2. The molecule has 1 aromatic rings.